The van der Waals surface area contributed by atoms with Crippen LogP contribution in [-0.4, -0.2) is 22.4 Å². The highest BCUT2D eigenvalue weighted by Crippen LogP contribution is 2.43. The summed E-state index contributed by atoms with van der Waals surface area (Å²) in [6.45, 7) is 0.237. The normalized spacial score (nSPS) is 15.5. The molecule has 2 aromatic rings. The Morgan fingerprint density at radius 2 is 1.88 bits per heavy atom. The standard InChI is InChI=1S/C17H16F3N3O2/c18-11-5-13(20)12(19)4-10(11)6-17(2-1-3-17)9-22-16(25)14-7-21-8-15(24)23-14/h4-5,7-8H,1-3,6,9H2,(H,22,25)(H,23,24). The number of rotatable bonds is 5. The molecule has 0 saturated heterocycles. The summed E-state index contributed by atoms with van der Waals surface area (Å²) < 4.78 is 40.3. The second-order valence-corrected chi connectivity index (χ2v) is 6.38. The molecule has 0 atom stereocenters. The molecule has 5 nitrogen and oxygen atoms in total. The third kappa shape index (κ3) is 3.72. The first-order chi connectivity index (χ1) is 11.9. The molecule has 2 N–H and O–H groups in total. The summed E-state index contributed by atoms with van der Waals surface area (Å²) in [5.41, 5.74) is -0.790. The van der Waals surface area contributed by atoms with Crippen molar-refractivity contribution in [1.29, 1.82) is 0 Å². The number of H-pyrrole nitrogens is 1. The van der Waals surface area contributed by atoms with E-state index in [2.05, 4.69) is 15.3 Å². The summed E-state index contributed by atoms with van der Waals surface area (Å²) in [5, 5.41) is 2.70. The van der Waals surface area contributed by atoms with Crippen molar-refractivity contribution in [2.45, 2.75) is 25.7 Å². The van der Waals surface area contributed by atoms with Gasteiger partial charge in [0.1, 0.15) is 11.5 Å². The highest BCUT2D eigenvalue weighted by molar-refractivity contribution is 5.91. The number of halogens is 3. The van der Waals surface area contributed by atoms with Gasteiger partial charge in [0, 0.05) is 12.6 Å². The lowest BCUT2D eigenvalue weighted by Crippen LogP contribution is -2.44. The van der Waals surface area contributed by atoms with Crippen LogP contribution < -0.4 is 10.9 Å². The van der Waals surface area contributed by atoms with E-state index in [-0.39, 0.29) is 24.2 Å². The summed E-state index contributed by atoms with van der Waals surface area (Å²) >= 11 is 0. The van der Waals surface area contributed by atoms with Gasteiger partial charge in [0.2, 0.25) is 0 Å². The molecule has 1 heterocycles. The fourth-order valence-corrected chi connectivity index (χ4v) is 3.05. The lowest BCUT2D eigenvalue weighted by Gasteiger charge is -2.42. The predicted octanol–water partition coefficient (Wildman–Crippen LogP) is 2.33. The van der Waals surface area contributed by atoms with Crippen LogP contribution >= 0.6 is 0 Å². The van der Waals surface area contributed by atoms with Gasteiger partial charge >= 0.3 is 0 Å². The topological polar surface area (TPSA) is 74.8 Å². The van der Waals surface area contributed by atoms with Crippen molar-refractivity contribution in [3.05, 3.63) is 63.6 Å². The van der Waals surface area contributed by atoms with Gasteiger partial charge in [-0.05, 0) is 36.3 Å². The van der Waals surface area contributed by atoms with Crippen LogP contribution in [0.15, 0.2) is 29.3 Å². The second kappa shape index (κ2) is 6.70. The molecule has 25 heavy (non-hydrogen) atoms. The molecule has 0 bridgehead atoms. The molecular weight excluding hydrogens is 335 g/mol. The average molecular weight is 351 g/mol. The second-order valence-electron chi connectivity index (χ2n) is 6.38. The molecule has 1 aliphatic rings. The fraction of sp³-hybridized carbons (Fsp3) is 0.353. The minimum atomic E-state index is -1.22. The van der Waals surface area contributed by atoms with Crippen LogP contribution in [0.3, 0.4) is 0 Å². The van der Waals surface area contributed by atoms with Gasteiger partial charge in [0.15, 0.2) is 11.6 Å². The van der Waals surface area contributed by atoms with Crippen molar-refractivity contribution in [1.82, 2.24) is 15.3 Å². The molecule has 132 valence electrons. The quantitative estimate of drug-likeness (QED) is 0.812. The third-order valence-electron chi connectivity index (χ3n) is 4.59. The minimum Gasteiger partial charge on any atom is -0.350 e. The Balaban J connectivity index is 1.70. The van der Waals surface area contributed by atoms with E-state index in [0.717, 1.165) is 31.5 Å². The van der Waals surface area contributed by atoms with Gasteiger partial charge in [-0.1, -0.05) is 6.42 Å². The first kappa shape index (κ1) is 17.2. The summed E-state index contributed by atoms with van der Waals surface area (Å²) in [6.07, 6.45) is 4.85. The molecule has 1 aromatic heterocycles. The van der Waals surface area contributed by atoms with Gasteiger partial charge in [0.05, 0.1) is 12.4 Å². The molecule has 0 radical (unpaired) electrons. The van der Waals surface area contributed by atoms with Crippen LogP contribution in [-0.2, 0) is 6.42 Å². The number of carbonyl (C=O) groups is 1. The summed E-state index contributed by atoms with van der Waals surface area (Å²) in [6, 6.07) is 1.40. The Bertz CT molecular complexity index is 862. The van der Waals surface area contributed by atoms with Crippen LogP contribution in [0, 0.1) is 22.9 Å². The molecule has 1 aliphatic carbocycles. The van der Waals surface area contributed by atoms with Crippen molar-refractivity contribution >= 4 is 5.91 Å². The number of hydrogen-bond acceptors (Lipinski definition) is 3. The van der Waals surface area contributed by atoms with E-state index in [1.54, 1.807) is 0 Å². The summed E-state index contributed by atoms with van der Waals surface area (Å²) in [7, 11) is 0. The van der Waals surface area contributed by atoms with E-state index in [1.807, 2.05) is 0 Å². The molecule has 1 saturated carbocycles. The lowest BCUT2D eigenvalue weighted by molar-refractivity contribution is 0.0852. The fourth-order valence-electron chi connectivity index (χ4n) is 3.05. The Hall–Kier alpha value is -2.64. The van der Waals surface area contributed by atoms with Crippen LogP contribution in [0.1, 0.15) is 35.3 Å². The molecule has 1 fully saturated rings. The van der Waals surface area contributed by atoms with Crippen molar-refractivity contribution in [2.75, 3.05) is 6.54 Å². The zero-order valence-corrected chi connectivity index (χ0v) is 13.2. The SMILES string of the molecule is O=C(NCC1(Cc2cc(F)c(F)cc2F)CCC1)c1cncc(=O)[nH]1. The maximum absolute atomic E-state index is 13.9. The molecule has 3 rings (SSSR count). The average Bonchev–Trinajstić information content (AvgIpc) is 2.54. The number of nitrogens with zero attached hydrogens (tertiary/aromatic N) is 1. The zero-order valence-electron chi connectivity index (χ0n) is 13.2. The van der Waals surface area contributed by atoms with Gasteiger partial charge in [-0.3, -0.25) is 14.6 Å². The highest BCUT2D eigenvalue weighted by atomic mass is 19.2. The van der Waals surface area contributed by atoms with Crippen LogP contribution in [0.5, 0.6) is 0 Å². The van der Waals surface area contributed by atoms with Crippen LogP contribution in [0.2, 0.25) is 0 Å². The number of aromatic nitrogens is 2. The Kier molecular flexibility index (Phi) is 4.61. The van der Waals surface area contributed by atoms with Gasteiger partial charge in [0.25, 0.3) is 11.5 Å². The highest BCUT2D eigenvalue weighted by Gasteiger charge is 2.38. The Morgan fingerprint density at radius 3 is 2.52 bits per heavy atom. The monoisotopic (exact) mass is 351 g/mol. The van der Waals surface area contributed by atoms with Gasteiger partial charge < -0.3 is 10.3 Å². The predicted molar refractivity (Wildman–Crippen MR) is 83.5 cm³/mol. The van der Waals surface area contributed by atoms with E-state index in [1.165, 1.54) is 6.20 Å². The number of nitrogens with one attached hydrogen (secondary N) is 2. The number of benzene rings is 1. The number of hydrogen-bond donors (Lipinski definition) is 2. The van der Waals surface area contributed by atoms with E-state index >= 15 is 0 Å². The summed E-state index contributed by atoms with van der Waals surface area (Å²) in [5.74, 6) is -3.61. The maximum Gasteiger partial charge on any atom is 0.269 e. The van der Waals surface area contributed by atoms with E-state index < -0.39 is 34.3 Å². The first-order valence-electron chi connectivity index (χ1n) is 7.84. The van der Waals surface area contributed by atoms with Crippen LogP contribution in [0.25, 0.3) is 0 Å². The van der Waals surface area contributed by atoms with Crippen molar-refractivity contribution in [3.63, 3.8) is 0 Å². The Labute approximate surface area is 141 Å². The van der Waals surface area contributed by atoms with E-state index in [9.17, 15) is 22.8 Å². The first-order valence-corrected chi connectivity index (χ1v) is 7.84. The van der Waals surface area contributed by atoms with Gasteiger partial charge in [-0.2, -0.15) is 0 Å². The van der Waals surface area contributed by atoms with Crippen molar-refractivity contribution < 1.29 is 18.0 Å². The van der Waals surface area contributed by atoms with Crippen molar-refractivity contribution in [2.24, 2.45) is 5.41 Å². The van der Waals surface area contributed by atoms with Crippen molar-refractivity contribution in [3.8, 4) is 0 Å². The van der Waals surface area contributed by atoms with E-state index in [4.69, 9.17) is 0 Å². The van der Waals surface area contributed by atoms with Crippen LogP contribution in [0.4, 0.5) is 13.2 Å². The zero-order chi connectivity index (χ0) is 18.0. The lowest BCUT2D eigenvalue weighted by atomic mass is 9.65. The van der Waals surface area contributed by atoms with E-state index in [0.29, 0.717) is 6.07 Å². The molecule has 8 heteroatoms. The van der Waals surface area contributed by atoms with Gasteiger partial charge in [-0.15, -0.1) is 0 Å². The minimum absolute atomic E-state index is 0.0287. The smallest absolute Gasteiger partial charge is 0.269 e. The molecule has 0 aliphatic heterocycles. The molecule has 0 spiro atoms. The molecule has 1 amide bonds. The number of aromatic amines is 1. The molecule has 0 unspecified atom stereocenters. The summed E-state index contributed by atoms with van der Waals surface area (Å²) in [4.78, 5) is 29.3. The third-order valence-corrected chi connectivity index (χ3v) is 4.59. The maximum atomic E-state index is 13.9. The number of amides is 1. The number of carbonyl (C=O) groups excluding carboxylic acids is 1. The largest absolute Gasteiger partial charge is 0.350 e. The molecule has 1 aromatic carbocycles. The Morgan fingerprint density at radius 1 is 1.16 bits per heavy atom. The molecular formula is C17H16F3N3O2. The van der Waals surface area contributed by atoms with Gasteiger partial charge in [-0.25, -0.2) is 13.2 Å².